The third-order valence-electron chi connectivity index (χ3n) is 3.17. The fourth-order valence-corrected chi connectivity index (χ4v) is 2.05. The molecule has 0 radical (unpaired) electrons. The Morgan fingerprint density at radius 3 is 2.60 bits per heavy atom. The number of carbonyl (C=O) groups is 1. The topological polar surface area (TPSA) is 49.3 Å². The maximum absolute atomic E-state index is 12.1. The second kappa shape index (κ2) is 8.39. The average molecular weight is 273 g/mol. The van der Waals surface area contributed by atoms with Gasteiger partial charge >= 0.3 is 0 Å². The van der Waals surface area contributed by atoms with Gasteiger partial charge < -0.3 is 10.4 Å². The lowest BCUT2D eigenvalue weighted by Gasteiger charge is -2.13. The Morgan fingerprint density at radius 2 is 2.00 bits per heavy atom. The molecule has 0 aliphatic rings. The van der Waals surface area contributed by atoms with Crippen LogP contribution in [0.4, 0.5) is 5.69 Å². The highest BCUT2D eigenvalue weighted by Gasteiger charge is 2.14. The largest absolute Gasteiger partial charge is 0.395 e. The van der Waals surface area contributed by atoms with Crippen molar-refractivity contribution in [3.63, 3.8) is 0 Å². The van der Waals surface area contributed by atoms with Gasteiger partial charge in [-0.15, -0.1) is 0 Å². The molecule has 0 aromatic heterocycles. The molecule has 20 heavy (non-hydrogen) atoms. The molecule has 3 heteroatoms. The van der Waals surface area contributed by atoms with Gasteiger partial charge in [0.1, 0.15) is 0 Å². The van der Waals surface area contributed by atoms with E-state index in [0.29, 0.717) is 6.42 Å². The zero-order valence-corrected chi connectivity index (χ0v) is 12.5. The Kier molecular flexibility index (Phi) is 6.83. The fourth-order valence-electron chi connectivity index (χ4n) is 2.05. The zero-order valence-electron chi connectivity index (χ0n) is 12.5. The number of hydrogen-bond acceptors (Lipinski definition) is 2. The van der Waals surface area contributed by atoms with Crippen LogP contribution in [0, 0.1) is 24.7 Å². The number of hydrogen-bond donors (Lipinski definition) is 2. The standard InChI is InChI=1S/C17H23NO2/c1-4-15(5-2)17(20)18-16-11-13(3)10-14(12-16)8-6-7-9-19/h10-12,15,19H,4-5,7,9H2,1-3H3,(H,18,20). The number of benzene rings is 1. The van der Waals surface area contributed by atoms with Crippen LogP contribution in [0.3, 0.4) is 0 Å². The summed E-state index contributed by atoms with van der Waals surface area (Å²) >= 11 is 0. The van der Waals surface area contributed by atoms with Crippen LogP contribution in [0.5, 0.6) is 0 Å². The van der Waals surface area contributed by atoms with E-state index in [1.165, 1.54) is 0 Å². The zero-order chi connectivity index (χ0) is 15.0. The molecule has 0 spiro atoms. The van der Waals surface area contributed by atoms with Gasteiger partial charge in [0.2, 0.25) is 5.91 Å². The highest BCUT2D eigenvalue weighted by molar-refractivity contribution is 5.92. The first-order chi connectivity index (χ1) is 9.60. The predicted molar refractivity (Wildman–Crippen MR) is 82.5 cm³/mol. The fraction of sp³-hybridized carbons (Fsp3) is 0.471. The molecule has 1 aromatic carbocycles. The number of carbonyl (C=O) groups excluding carboxylic acids is 1. The lowest BCUT2D eigenvalue weighted by Crippen LogP contribution is -2.21. The molecule has 0 fully saturated rings. The summed E-state index contributed by atoms with van der Waals surface area (Å²) in [5, 5.41) is 11.7. The molecule has 0 unspecified atom stereocenters. The first-order valence-electron chi connectivity index (χ1n) is 7.13. The third kappa shape index (κ3) is 5.07. The van der Waals surface area contributed by atoms with Gasteiger partial charge in [0, 0.05) is 23.6 Å². The van der Waals surface area contributed by atoms with Crippen molar-refractivity contribution in [2.24, 2.45) is 5.92 Å². The number of rotatable bonds is 5. The van der Waals surface area contributed by atoms with Gasteiger partial charge in [0.25, 0.3) is 0 Å². The minimum atomic E-state index is 0.0550. The highest BCUT2D eigenvalue weighted by atomic mass is 16.2. The maximum Gasteiger partial charge on any atom is 0.227 e. The van der Waals surface area contributed by atoms with E-state index in [4.69, 9.17) is 5.11 Å². The molecule has 3 nitrogen and oxygen atoms in total. The van der Waals surface area contributed by atoms with Crippen LogP contribution >= 0.6 is 0 Å². The lowest BCUT2D eigenvalue weighted by atomic mass is 10.0. The normalized spacial score (nSPS) is 10.1. The minimum Gasteiger partial charge on any atom is -0.395 e. The molecule has 1 amide bonds. The third-order valence-corrected chi connectivity index (χ3v) is 3.17. The molecule has 0 saturated carbocycles. The average Bonchev–Trinajstić information content (AvgIpc) is 2.39. The van der Waals surface area contributed by atoms with Gasteiger partial charge in [-0.3, -0.25) is 4.79 Å². The van der Waals surface area contributed by atoms with Crippen LogP contribution in [-0.4, -0.2) is 17.6 Å². The minimum absolute atomic E-state index is 0.0550. The summed E-state index contributed by atoms with van der Waals surface area (Å²) in [7, 11) is 0. The summed E-state index contributed by atoms with van der Waals surface area (Å²) in [6.45, 7) is 6.09. The van der Waals surface area contributed by atoms with E-state index in [0.717, 1.165) is 29.7 Å². The van der Waals surface area contributed by atoms with E-state index < -0.39 is 0 Å². The van der Waals surface area contributed by atoms with E-state index in [1.54, 1.807) is 0 Å². The Labute approximate surface area is 121 Å². The molecular weight excluding hydrogens is 250 g/mol. The number of aliphatic hydroxyl groups excluding tert-OH is 1. The molecule has 0 heterocycles. The molecule has 0 aliphatic heterocycles. The quantitative estimate of drug-likeness (QED) is 0.810. The van der Waals surface area contributed by atoms with Crippen LogP contribution in [-0.2, 0) is 4.79 Å². The lowest BCUT2D eigenvalue weighted by molar-refractivity contribution is -0.120. The first kappa shape index (κ1) is 16.3. The molecule has 108 valence electrons. The van der Waals surface area contributed by atoms with Crippen LogP contribution in [0.2, 0.25) is 0 Å². The molecule has 1 rings (SSSR count). The smallest absolute Gasteiger partial charge is 0.227 e. The Balaban J connectivity index is 2.86. The van der Waals surface area contributed by atoms with Crippen molar-refractivity contribution in [2.45, 2.75) is 40.0 Å². The van der Waals surface area contributed by atoms with Crippen molar-refractivity contribution < 1.29 is 9.90 Å². The molecule has 2 N–H and O–H groups in total. The van der Waals surface area contributed by atoms with Gasteiger partial charge in [-0.05, 0) is 43.5 Å². The van der Waals surface area contributed by atoms with Crippen LogP contribution in [0.25, 0.3) is 0 Å². The van der Waals surface area contributed by atoms with Crippen molar-refractivity contribution in [1.29, 1.82) is 0 Å². The van der Waals surface area contributed by atoms with Crippen LogP contribution < -0.4 is 5.32 Å². The Hall–Kier alpha value is -1.79. The van der Waals surface area contributed by atoms with E-state index in [1.807, 2.05) is 39.0 Å². The van der Waals surface area contributed by atoms with Crippen molar-refractivity contribution in [3.05, 3.63) is 29.3 Å². The van der Waals surface area contributed by atoms with Crippen LogP contribution in [0.15, 0.2) is 18.2 Å². The highest BCUT2D eigenvalue weighted by Crippen LogP contribution is 2.17. The number of nitrogens with one attached hydrogen (secondary N) is 1. The molecule has 0 bridgehead atoms. The number of aliphatic hydroxyl groups is 1. The number of aryl methyl sites for hydroxylation is 1. The summed E-state index contributed by atoms with van der Waals surface area (Å²) < 4.78 is 0. The predicted octanol–water partition coefficient (Wildman–Crippen LogP) is 3.10. The van der Waals surface area contributed by atoms with Crippen molar-refractivity contribution >= 4 is 11.6 Å². The molecular formula is C17H23NO2. The summed E-state index contributed by atoms with van der Waals surface area (Å²) in [6, 6.07) is 5.78. The number of anilines is 1. The number of amides is 1. The van der Waals surface area contributed by atoms with Crippen LogP contribution in [0.1, 0.15) is 44.2 Å². The molecule has 1 aromatic rings. The van der Waals surface area contributed by atoms with Gasteiger partial charge in [-0.2, -0.15) is 0 Å². The van der Waals surface area contributed by atoms with E-state index in [2.05, 4.69) is 17.2 Å². The van der Waals surface area contributed by atoms with Crippen molar-refractivity contribution in [3.8, 4) is 11.8 Å². The summed E-state index contributed by atoms with van der Waals surface area (Å²) in [5.41, 5.74) is 2.70. The van der Waals surface area contributed by atoms with Gasteiger partial charge in [-0.25, -0.2) is 0 Å². The van der Waals surface area contributed by atoms with E-state index in [9.17, 15) is 4.79 Å². The van der Waals surface area contributed by atoms with E-state index in [-0.39, 0.29) is 18.4 Å². The van der Waals surface area contributed by atoms with Gasteiger partial charge in [0.05, 0.1) is 6.61 Å². The van der Waals surface area contributed by atoms with Crippen molar-refractivity contribution in [1.82, 2.24) is 0 Å². The Bertz CT molecular complexity index is 507. The molecule has 0 atom stereocenters. The first-order valence-corrected chi connectivity index (χ1v) is 7.13. The summed E-state index contributed by atoms with van der Waals surface area (Å²) in [5.74, 6) is 6.01. The molecule has 0 aliphatic carbocycles. The van der Waals surface area contributed by atoms with E-state index >= 15 is 0 Å². The summed E-state index contributed by atoms with van der Waals surface area (Å²) in [4.78, 5) is 12.1. The van der Waals surface area contributed by atoms with Crippen molar-refractivity contribution in [2.75, 3.05) is 11.9 Å². The van der Waals surface area contributed by atoms with Gasteiger partial charge in [0.15, 0.2) is 0 Å². The van der Waals surface area contributed by atoms with Gasteiger partial charge in [-0.1, -0.05) is 25.7 Å². The Morgan fingerprint density at radius 1 is 1.30 bits per heavy atom. The maximum atomic E-state index is 12.1. The summed E-state index contributed by atoms with van der Waals surface area (Å²) in [6.07, 6.45) is 2.15. The second-order valence-electron chi connectivity index (χ2n) is 4.87. The molecule has 0 saturated heterocycles. The monoisotopic (exact) mass is 273 g/mol. The SMILES string of the molecule is CCC(CC)C(=O)Nc1cc(C)cc(C#CCCO)c1. The second-order valence-corrected chi connectivity index (χ2v) is 4.87.